The average Bonchev–Trinajstić information content (AvgIpc) is 3.40. The van der Waals surface area contributed by atoms with Crippen molar-refractivity contribution in [2.75, 3.05) is 36.0 Å². The zero-order valence-corrected chi connectivity index (χ0v) is 18.3. The van der Waals surface area contributed by atoms with Crippen molar-refractivity contribution in [3.8, 4) is 0 Å². The van der Waals surface area contributed by atoms with Crippen LogP contribution in [0.2, 0.25) is 0 Å². The van der Waals surface area contributed by atoms with Gasteiger partial charge in [-0.15, -0.1) is 0 Å². The lowest BCUT2D eigenvalue weighted by atomic mass is 10.1. The summed E-state index contributed by atoms with van der Waals surface area (Å²) in [5.41, 5.74) is 1.60. The molecule has 33 heavy (non-hydrogen) atoms. The second kappa shape index (κ2) is 8.24. The van der Waals surface area contributed by atoms with Crippen LogP contribution in [0.1, 0.15) is 23.2 Å². The van der Waals surface area contributed by atoms with Crippen molar-refractivity contribution in [1.82, 2.24) is 9.88 Å². The number of non-ortho nitro benzene ring substituents is 1. The van der Waals surface area contributed by atoms with E-state index < -0.39 is 4.92 Å². The number of aromatic nitrogens is 1. The monoisotopic (exact) mass is 465 g/mol. The summed E-state index contributed by atoms with van der Waals surface area (Å²) in [5.74, 6) is -0.658. The molecular weight excluding hydrogens is 446 g/mol. The summed E-state index contributed by atoms with van der Waals surface area (Å²) in [6.45, 7) is 2.13. The maximum atomic E-state index is 13.1. The van der Waals surface area contributed by atoms with Crippen LogP contribution in [0.5, 0.6) is 0 Å². The number of nitrogens with zero attached hydrogens (tertiary/aromatic N) is 5. The first-order valence-electron chi connectivity index (χ1n) is 10.5. The Labute approximate surface area is 192 Å². The van der Waals surface area contributed by atoms with Gasteiger partial charge in [0.25, 0.3) is 11.6 Å². The third-order valence-electron chi connectivity index (χ3n) is 5.81. The number of hydrogen-bond donors (Lipinski definition) is 0. The molecule has 3 heterocycles. The van der Waals surface area contributed by atoms with Crippen LogP contribution in [0.3, 0.4) is 0 Å². The fourth-order valence-corrected chi connectivity index (χ4v) is 5.13. The number of piperazine rings is 1. The predicted octanol–water partition coefficient (Wildman–Crippen LogP) is 2.82. The van der Waals surface area contributed by atoms with Gasteiger partial charge in [-0.1, -0.05) is 17.4 Å². The Morgan fingerprint density at radius 2 is 1.73 bits per heavy atom. The summed E-state index contributed by atoms with van der Waals surface area (Å²) in [6, 6.07) is 11.2. The highest BCUT2D eigenvalue weighted by Crippen LogP contribution is 2.32. The molecule has 0 unspecified atom stereocenters. The SMILES string of the molecule is O=C(c1cccc(N2C(=O)CCC2=O)c1)N1CCN(c2nc3ccc([N+](=O)[O-])cc3s2)CC1. The van der Waals surface area contributed by atoms with Gasteiger partial charge >= 0.3 is 0 Å². The van der Waals surface area contributed by atoms with E-state index in [1.54, 1.807) is 35.2 Å². The van der Waals surface area contributed by atoms with E-state index in [2.05, 4.69) is 9.88 Å². The summed E-state index contributed by atoms with van der Waals surface area (Å²) in [5, 5.41) is 11.8. The van der Waals surface area contributed by atoms with E-state index in [1.165, 1.54) is 23.5 Å². The number of carbonyl (C=O) groups is 3. The standard InChI is InChI=1S/C22H19N5O5S/c28-19-6-7-20(29)26(19)15-3-1-2-14(12-15)21(30)24-8-10-25(11-9-24)22-23-17-5-4-16(27(31)32)13-18(17)33-22/h1-5,12-13H,6-11H2. The van der Waals surface area contributed by atoms with Crippen LogP contribution in [-0.2, 0) is 9.59 Å². The molecule has 0 saturated carbocycles. The summed E-state index contributed by atoms with van der Waals surface area (Å²) in [6.07, 6.45) is 0.385. The third-order valence-corrected chi connectivity index (χ3v) is 6.89. The van der Waals surface area contributed by atoms with Crippen molar-refractivity contribution in [2.45, 2.75) is 12.8 Å². The molecule has 0 radical (unpaired) electrons. The fourth-order valence-electron chi connectivity index (χ4n) is 4.08. The number of imide groups is 1. The molecule has 3 amide bonds. The number of benzene rings is 2. The molecule has 168 valence electrons. The van der Waals surface area contributed by atoms with Crippen molar-refractivity contribution in [3.63, 3.8) is 0 Å². The molecule has 0 aliphatic carbocycles. The number of rotatable bonds is 4. The quantitative estimate of drug-likeness (QED) is 0.330. The largest absolute Gasteiger partial charge is 0.345 e. The summed E-state index contributed by atoms with van der Waals surface area (Å²) < 4.78 is 0.750. The van der Waals surface area contributed by atoms with Gasteiger partial charge in [0.1, 0.15) is 0 Å². The molecule has 0 spiro atoms. The van der Waals surface area contributed by atoms with Gasteiger partial charge in [-0.3, -0.25) is 29.4 Å². The number of nitro benzene ring substituents is 1. The Morgan fingerprint density at radius 3 is 2.42 bits per heavy atom. The molecule has 2 aliphatic heterocycles. The smallest absolute Gasteiger partial charge is 0.270 e. The molecule has 3 aromatic rings. The number of amides is 3. The number of nitro groups is 1. The molecule has 2 aliphatic rings. The minimum atomic E-state index is -0.423. The third kappa shape index (κ3) is 3.91. The highest BCUT2D eigenvalue weighted by atomic mass is 32.1. The molecule has 2 aromatic carbocycles. The van der Waals surface area contributed by atoms with E-state index in [-0.39, 0.29) is 36.3 Å². The van der Waals surface area contributed by atoms with Gasteiger partial charge in [-0.2, -0.15) is 0 Å². The topological polar surface area (TPSA) is 117 Å². The van der Waals surface area contributed by atoms with E-state index in [0.29, 0.717) is 42.9 Å². The van der Waals surface area contributed by atoms with Crippen LogP contribution in [-0.4, -0.2) is 58.7 Å². The van der Waals surface area contributed by atoms with Crippen molar-refractivity contribution >= 4 is 55.8 Å². The van der Waals surface area contributed by atoms with Crippen molar-refractivity contribution in [2.24, 2.45) is 0 Å². The molecule has 2 saturated heterocycles. The fraction of sp³-hybridized carbons (Fsp3) is 0.273. The number of thiazole rings is 1. The van der Waals surface area contributed by atoms with Crippen LogP contribution in [0.25, 0.3) is 10.2 Å². The average molecular weight is 465 g/mol. The Balaban J connectivity index is 1.28. The lowest BCUT2D eigenvalue weighted by Crippen LogP contribution is -2.48. The normalized spacial score (nSPS) is 16.7. The first kappa shape index (κ1) is 21.0. The van der Waals surface area contributed by atoms with E-state index in [9.17, 15) is 24.5 Å². The molecule has 1 aromatic heterocycles. The van der Waals surface area contributed by atoms with Gasteiger partial charge in [0, 0.05) is 56.7 Å². The summed E-state index contributed by atoms with van der Waals surface area (Å²) >= 11 is 1.40. The van der Waals surface area contributed by atoms with Gasteiger partial charge in [-0.25, -0.2) is 4.98 Å². The Kier molecular flexibility index (Phi) is 5.25. The van der Waals surface area contributed by atoms with E-state index >= 15 is 0 Å². The van der Waals surface area contributed by atoms with Crippen molar-refractivity contribution in [1.29, 1.82) is 0 Å². The summed E-state index contributed by atoms with van der Waals surface area (Å²) in [4.78, 5) is 57.2. The van der Waals surface area contributed by atoms with Crippen LogP contribution in [0.15, 0.2) is 42.5 Å². The maximum absolute atomic E-state index is 13.1. The van der Waals surface area contributed by atoms with E-state index in [1.807, 2.05) is 0 Å². The molecule has 11 heteroatoms. The second-order valence-corrected chi connectivity index (χ2v) is 8.87. The van der Waals surface area contributed by atoms with Crippen molar-refractivity contribution in [3.05, 3.63) is 58.1 Å². The van der Waals surface area contributed by atoms with Gasteiger partial charge in [0.2, 0.25) is 11.8 Å². The molecule has 5 rings (SSSR count). The van der Waals surface area contributed by atoms with Crippen molar-refractivity contribution < 1.29 is 19.3 Å². The zero-order valence-electron chi connectivity index (χ0n) is 17.5. The van der Waals surface area contributed by atoms with Crippen LogP contribution in [0, 0.1) is 10.1 Å². The molecule has 2 fully saturated rings. The Morgan fingerprint density at radius 1 is 1.00 bits per heavy atom. The van der Waals surface area contributed by atoms with Gasteiger partial charge in [-0.05, 0) is 24.3 Å². The van der Waals surface area contributed by atoms with Gasteiger partial charge in [0.15, 0.2) is 5.13 Å². The first-order valence-corrected chi connectivity index (χ1v) is 11.3. The minimum absolute atomic E-state index is 0.0349. The zero-order chi connectivity index (χ0) is 23.1. The lowest BCUT2D eigenvalue weighted by molar-refractivity contribution is -0.384. The molecule has 0 bridgehead atoms. The highest BCUT2D eigenvalue weighted by Gasteiger charge is 2.31. The predicted molar refractivity (Wildman–Crippen MR) is 123 cm³/mol. The molecule has 10 nitrogen and oxygen atoms in total. The number of carbonyl (C=O) groups excluding carboxylic acids is 3. The van der Waals surface area contributed by atoms with Gasteiger partial charge < -0.3 is 9.80 Å². The minimum Gasteiger partial charge on any atom is -0.345 e. The first-order chi connectivity index (χ1) is 15.9. The van der Waals surface area contributed by atoms with Gasteiger partial charge in [0.05, 0.1) is 20.8 Å². The Hall–Kier alpha value is -3.86. The number of anilines is 2. The van der Waals surface area contributed by atoms with E-state index in [4.69, 9.17) is 0 Å². The maximum Gasteiger partial charge on any atom is 0.270 e. The van der Waals surface area contributed by atoms with E-state index in [0.717, 1.165) is 14.7 Å². The number of fused-ring (bicyclic) bond motifs is 1. The lowest BCUT2D eigenvalue weighted by Gasteiger charge is -2.34. The Bertz CT molecular complexity index is 1280. The molecule has 0 N–H and O–H groups in total. The van der Waals surface area contributed by atoms with Crippen LogP contribution in [0.4, 0.5) is 16.5 Å². The summed E-state index contributed by atoms with van der Waals surface area (Å²) in [7, 11) is 0. The second-order valence-electron chi connectivity index (χ2n) is 7.86. The van der Waals surface area contributed by atoms with Crippen LogP contribution >= 0.6 is 11.3 Å². The number of hydrogen-bond acceptors (Lipinski definition) is 8. The molecular formula is C22H19N5O5S. The van der Waals surface area contributed by atoms with Crippen LogP contribution < -0.4 is 9.80 Å². The molecule has 0 atom stereocenters. The highest BCUT2D eigenvalue weighted by molar-refractivity contribution is 7.22.